The number of rotatable bonds is 7. The third-order valence-corrected chi connectivity index (χ3v) is 8.11. The molecule has 12 heteroatoms. The van der Waals surface area contributed by atoms with Crippen LogP contribution in [0.4, 0.5) is 52.7 Å². The summed E-state index contributed by atoms with van der Waals surface area (Å²) in [4.78, 5) is 0. The van der Waals surface area contributed by atoms with Crippen LogP contribution in [0, 0.1) is 13.8 Å². The van der Waals surface area contributed by atoms with Gasteiger partial charge in [0.1, 0.15) is 0 Å². The number of aryl methyl sites for hydroxylation is 4. The molecule has 0 aromatic heterocycles. The topological polar surface area (TPSA) is 0 Å². The van der Waals surface area contributed by atoms with Gasteiger partial charge in [0, 0.05) is 0 Å². The number of hydrogen-bond acceptors (Lipinski definition) is 0. The van der Waals surface area contributed by atoms with Gasteiger partial charge in [0.25, 0.3) is 0 Å². The molecule has 0 spiro atoms. The van der Waals surface area contributed by atoms with Crippen LogP contribution in [-0.4, -0.2) is 24.7 Å². The van der Waals surface area contributed by atoms with Gasteiger partial charge in [-0.2, -0.15) is 52.7 Å². The molecule has 246 valence electrons. The summed E-state index contributed by atoms with van der Waals surface area (Å²) in [6, 6.07) is 15.1. The quantitative estimate of drug-likeness (QED) is 0.173. The summed E-state index contributed by atoms with van der Waals surface area (Å²) >= 11 is 0. The van der Waals surface area contributed by atoms with E-state index in [1.807, 2.05) is 0 Å². The molecule has 46 heavy (non-hydrogen) atoms. The minimum absolute atomic E-state index is 0.0246. The molecule has 0 nitrogen and oxygen atoms in total. The van der Waals surface area contributed by atoms with E-state index in [0.717, 1.165) is 91.0 Å². The summed E-state index contributed by atoms with van der Waals surface area (Å²) in [6.45, 7) is 2.88. The highest BCUT2D eigenvalue weighted by atomic mass is 19.4. The van der Waals surface area contributed by atoms with Gasteiger partial charge < -0.3 is 0 Å². The van der Waals surface area contributed by atoms with E-state index in [4.69, 9.17) is 0 Å². The first-order chi connectivity index (χ1) is 21.2. The molecule has 0 bridgehead atoms. The maximum atomic E-state index is 14.4. The first-order valence-electron chi connectivity index (χ1n) is 13.8. The molecule has 0 heterocycles. The van der Waals surface area contributed by atoms with Crippen molar-refractivity contribution in [3.63, 3.8) is 0 Å². The second kappa shape index (κ2) is 12.0. The highest BCUT2D eigenvalue weighted by Crippen LogP contribution is 2.57. The van der Waals surface area contributed by atoms with Crippen molar-refractivity contribution in [2.75, 3.05) is 0 Å². The van der Waals surface area contributed by atoms with E-state index in [1.54, 1.807) is 0 Å². The Bertz CT molecular complexity index is 1590. The lowest BCUT2D eigenvalue weighted by Gasteiger charge is -2.38. The lowest BCUT2D eigenvalue weighted by Crippen LogP contribution is -2.54. The largest absolute Gasteiger partial charge is 0.411 e. The molecule has 0 N–H and O–H groups in total. The zero-order valence-corrected chi connectivity index (χ0v) is 24.2. The van der Waals surface area contributed by atoms with Crippen LogP contribution < -0.4 is 0 Å². The van der Waals surface area contributed by atoms with Crippen molar-refractivity contribution in [3.8, 4) is 0 Å². The molecule has 0 aliphatic rings. The van der Waals surface area contributed by atoms with Crippen LogP contribution in [-0.2, 0) is 23.7 Å². The van der Waals surface area contributed by atoms with Crippen molar-refractivity contribution < 1.29 is 52.7 Å². The summed E-state index contributed by atoms with van der Waals surface area (Å²) in [5.41, 5.74) is -11.5. The summed E-state index contributed by atoms with van der Waals surface area (Å²) < 4.78 is 172. The van der Waals surface area contributed by atoms with Crippen LogP contribution in [0.5, 0.6) is 0 Å². The molecule has 0 aliphatic heterocycles. The third kappa shape index (κ3) is 5.98. The Balaban J connectivity index is 1.65. The summed E-state index contributed by atoms with van der Waals surface area (Å²) in [6.07, 6.45) is -23.0. The first kappa shape index (κ1) is 34.9. The molecule has 0 aliphatic carbocycles. The highest BCUT2D eigenvalue weighted by Gasteiger charge is 2.73. The first-order valence-corrected chi connectivity index (χ1v) is 13.8. The highest BCUT2D eigenvalue weighted by molar-refractivity contribution is 5.47. The normalized spacial score (nSPS) is 13.6. The molecular formula is C34H26F12. The van der Waals surface area contributed by atoms with Gasteiger partial charge in [0.2, 0.25) is 10.8 Å². The van der Waals surface area contributed by atoms with Crippen LogP contribution in [0.2, 0.25) is 0 Å². The van der Waals surface area contributed by atoms with E-state index < -0.39 is 57.8 Å². The van der Waals surface area contributed by atoms with E-state index >= 15 is 0 Å². The van der Waals surface area contributed by atoms with Gasteiger partial charge in [-0.25, -0.2) is 0 Å². The Morgan fingerprint density at radius 1 is 0.370 bits per heavy atom. The summed E-state index contributed by atoms with van der Waals surface area (Å²) in [5, 5.41) is 0. The van der Waals surface area contributed by atoms with E-state index in [-0.39, 0.29) is 18.4 Å². The molecule has 0 amide bonds. The average Bonchev–Trinajstić information content (AvgIpc) is 2.92. The monoisotopic (exact) mass is 662 g/mol. The second-order valence-corrected chi connectivity index (χ2v) is 11.1. The molecular weight excluding hydrogens is 636 g/mol. The van der Waals surface area contributed by atoms with Gasteiger partial charge >= 0.3 is 24.7 Å². The van der Waals surface area contributed by atoms with Gasteiger partial charge in [0.05, 0.1) is 0 Å². The van der Waals surface area contributed by atoms with Gasteiger partial charge in [-0.05, 0) is 60.1 Å². The average molecular weight is 663 g/mol. The summed E-state index contributed by atoms with van der Waals surface area (Å²) in [7, 11) is 0. The van der Waals surface area contributed by atoms with Gasteiger partial charge in [-0.1, -0.05) is 108 Å². The predicted octanol–water partition coefficient (Wildman–Crippen LogP) is 10.9. The second-order valence-electron chi connectivity index (χ2n) is 11.1. The fraction of sp³-hybridized carbons (Fsp3) is 0.294. The van der Waals surface area contributed by atoms with Crippen molar-refractivity contribution in [3.05, 3.63) is 142 Å². The van der Waals surface area contributed by atoms with Crippen LogP contribution >= 0.6 is 0 Å². The third-order valence-electron chi connectivity index (χ3n) is 8.11. The van der Waals surface area contributed by atoms with Crippen LogP contribution in [0.3, 0.4) is 0 Å². The Labute approximate surface area is 256 Å². The van der Waals surface area contributed by atoms with Crippen molar-refractivity contribution in [1.82, 2.24) is 0 Å². The van der Waals surface area contributed by atoms with E-state index in [0.29, 0.717) is 16.7 Å². The van der Waals surface area contributed by atoms with Gasteiger partial charge in [-0.15, -0.1) is 0 Å². The smallest absolute Gasteiger partial charge is 0.169 e. The Morgan fingerprint density at radius 2 is 0.696 bits per heavy atom. The van der Waals surface area contributed by atoms with Crippen molar-refractivity contribution in [2.24, 2.45) is 0 Å². The molecule has 0 fully saturated rings. The Hall–Kier alpha value is -3.96. The van der Waals surface area contributed by atoms with Crippen LogP contribution in [0.1, 0.15) is 44.5 Å². The minimum Gasteiger partial charge on any atom is -0.169 e. The number of alkyl halides is 12. The minimum atomic E-state index is -5.76. The SMILES string of the molecule is Cc1ccc(C(c2ccc(CCc3ccc(C(c4cccc(C)c4)(C(F)(F)F)C(F)(F)F)cc3)cc2)(C(F)(F)F)C(F)(F)F)cc1. The Kier molecular flexibility index (Phi) is 9.11. The standard InChI is InChI=1S/C34H26F12/c1-21-6-14-25(15-7-21)29(31(35,36)37,32(38,39)40)26-16-10-23(11-17-26)8-9-24-12-18-27(19-13-24)30(33(41,42)43,34(44,45)46)28-5-3-4-22(2)20-28/h3-7,10-20H,8-9H2,1-2H3. The van der Waals surface area contributed by atoms with Crippen LogP contribution in [0.15, 0.2) is 97.1 Å². The van der Waals surface area contributed by atoms with E-state index in [1.165, 1.54) is 19.9 Å². The number of halogens is 12. The van der Waals surface area contributed by atoms with Crippen molar-refractivity contribution >= 4 is 0 Å². The number of hydrogen-bond donors (Lipinski definition) is 0. The molecule has 0 saturated carbocycles. The molecule has 0 atom stereocenters. The molecule has 4 aromatic carbocycles. The van der Waals surface area contributed by atoms with Gasteiger partial charge in [-0.3, -0.25) is 0 Å². The van der Waals surface area contributed by atoms with E-state index in [9.17, 15) is 52.7 Å². The molecule has 4 rings (SSSR count). The number of benzene rings is 4. The van der Waals surface area contributed by atoms with E-state index in [2.05, 4.69) is 0 Å². The zero-order chi connectivity index (χ0) is 34.3. The molecule has 0 saturated heterocycles. The predicted molar refractivity (Wildman–Crippen MR) is 148 cm³/mol. The molecule has 0 radical (unpaired) electrons. The maximum Gasteiger partial charge on any atom is 0.411 e. The fourth-order valence-electron chi connectivity index (χ4n) is 5.78. The molecule has 0 unspecified atom stereocenters. The molecule has 4 aromatic rings. The Morgan fingerprint density at radius 3 is 1.02 bits per heavy atom. The lowest BCUT2D eigenvalue weighted by atomic mass is 9.72. The maximum absolute atomic E-state index is 14.4. The van der Waals surface area contributed by atoms with Crippen molar-refractivity contribution in [1.29, 1.82) is 0 Å². The van der Waals surface area contributed by atoms with Gasteiger partial charge in [0.15, 0.2) is 0 Å². The summed E-state index contributed by atoms with van der Waals surface area (Å²) in [5.74, 6) is 0. The van der Waals surface area contributed by atoms with Crippen molar-refractivity contribution in [2.45, 2.75) is 62.2 Å². The fourth-order valence-corrected chi connectivity index (χ4v) is 5.78. The zero-order valence-electron chi connectivity index (χ0n) is 24.2. The van der Waals surface area contributed by atoms with Crippen LogP contribution in [0.25, 0.3) is 0 Å². The lowest BCUT2D eigenvalue weighted by molar-refractivity contribution is -0.290.